The summed E-state index contributed by atoms with van der Waals surface area (Å²) < 4.78 is 0. The summed E-state index contributed by atoms with van der Waals surface area (Å²) in [5.41, 5.74) is 2.84. The minimum Gasteiger partial charge on any atom is -0.339 e. The molecule has 0 aromatic heterocycles. The van der Waals surface area contributed by atoms with Crippen LogP contribution in [0.2, 0.25) is 0 Å². The summed E-state index contributed by atoms with van der Waals surface area (Å²) in [6.45, 7) is 8.07. The molecule has 1 saturated heterocycles. The first-order chi connectivity index (χ1) is 14.0. The van der Waals surface area contributed by atoms with Gasteiger partial charge in [0.2, 0.25) is 5.91 Å². The number of aryl methyl sites for hydroxylation is 1. The molecule has 0 atom stereocenters. The minimum atomic E-state index is 0.117. The number of likely N-dealkylation sites (tertiary alicyclic amines) is 1. The van der Waals surface area contributed by atoms with Crippen molar-refractivity contribution in [1.29, 1.82) is 0 Å². The van der Waals surface area contributed by atoms with E-state index in [2.05, 4.69) is 41.0 Å². The van der Waals surface area contributed by atoms with E-state index in [9.17, 15) is 9.59 Å². The second kappa shape index (κ2) is 10.9. The van der Waals surface area contributed by atoms with Crippen LogP contribution in [0.15, 0.2) is 24.3 Å². The number of Topliss-reactive ketones (excluding diaryl/α,β-unsaturated/α-hetero) is 1. The van der Waals surface area contributed by atoms with Gasteiger partial charge in [-0.2, -0.15) is 0 Å². The Morgan fingerprint density at radius 2 is 1.72 bits per heavy atom. The normalized spacial score (nSPS) is 18.8. The van der Waals surface area contributed by atoms with E-state index < -0.39 is 0 Å². The van der Waals surface area contributed by atoms with E-state index in [1.807, 2.05) is 0 Å². The standard InChI is InChI=1S/C25H38N2O2/c1-20-7-3-4-8-23(20)15-18-26-16-13-22(14-17-26)19-27(24-9-5-6-10-24)25(29)12-11-21(2)28/h3-4,7-8,22,24H,5-6,9-19H2,1-2H3. The molecule has 0 spiro atoms. The predicted octanol–water partition coefficient (Wildman–Crippen LogP) is 4.39. The van der Waals surface area contributed by atoms with Crippen LogP contribution in [-0.2, 0) is 16.0 Å². The van der Waals surface area contributed by atoms with Gasteiger partial charge in [0.15, 0.2) is 0 Å². The number of hydrogen-bond donors (Lipinski definition) is 0. The molecular formula is C25H38N2O2. The molecule has 0 radical (unpaired) electrons. The van der Waals surface area contributed by atoms with E-state index in [0.717, 1.165) is 45.4 Å². The Bertz CT molecular complexity index is 673. The van der Waals surface area contributed by atoms with Crippen molar-refractivity contribution in [3.8, 4) is 0 Å². The SMILES string of the molecule is CC(=O)CCC(=O)N(CC1CCN(CCc2ccccc2C)CC1)C1CCCC1. The summed E-state index contributed by atoms with van der Waals surface area (Å²) in [5, 5.41) is 0. The van der Waals surface area contributed by atoms with Gasteiger partial charge >= 0.3 is 0 Å². The van der Waals surface area contributed by atoms with E-state index in [-0.39, 0.29) is 11.7 Å². The van der Waals surface area contributed by atoms with Crippen LogP contribution >= 0.6 is 0 Å². The Morgan fingerprint density at radius 3 is 2.38 bits per heavy atom. The molecule has 1 aromatic carbocycles. The van der Waals surface area contributed by atoms with Crippen LogP contribution in [0.5, 0.6) is 0 Å². The minimum absolute atomic E-state index is 0.117. The average Bonchev–Trinajstić information content (AvgIpc) is 3.25. The zero-order valence-electron chi connectivity index (χ0n) is 18.4. The topological polar surface area (TPSA) is 40.6 Å². The van der Waals surface area contributed by atoms with Crippen LogP contribution in [0, 0.1) is 12.8 Å². The first-order valence-electron chi connectivity index (χ1n) is 11.6. The van der Waals surface area contributed by atoms with E-state index >= 15 is 0 Å². The van der Waals surface area contributed by atoms with Gasteiger partial charge in [-0.25, -0.2) is 0 Å². The molecule has 1 heterocycles. The highest BCUT2D eigenvalue weighted by atomic mass is 16.2. The third-order valence-electron chi connectivity index (χ3n) is 6.90. The summed E-state index contributed by atoms with van der Waals surface area (Å²) in [7, 11) is 0. The molecule has 1 saturated carbocycles. The molecule has 160 valence electrons. The highest BCUT2D eigenvalue weighted by molar-refractivity contribution is 5.83. The van der Waals surface area contributed by atoms with Gasteiger partial charge in [-0.1, -0.05) is 37.1 Å². The van der Waals surface area contributed by atoms with Crippen LogP contribution in [0.3, 0.4) is 0 Å². The quantitative estimate of drug-likeness (QED) is 0.619. The van der Waals surface area contributed by atoms with E-state index in [1.54, 1.807) is 6.92 Å². The average molecular weight is 399 g/mol. The van der Waals surface area contributed by atoms with Crippen molar-refractivity contribution < 1.29 is 9.59 Å². The van der Waals surface area contributed by atoms with Crippen molar-refractivity contribution in [1.82, 2.24) is 9.80 Å². The number of amides is 1. The maximum atomic E-state index is 12.8. The summed E-state index contributed by atoms with van der Waals surface area (Å²) in [5.74, 6) is 0.923. The van der Waals surface area contributed by atoms with Crippen molar-refractivity contribution >= 4 is 11.7 Å². The third kappa shape index (κ3) is 6.67. The second-order valence-corrected chi connectivity index (χ2v) is 9.15. The Kier molecular flexibility index (Phi) is 8.29. The lowest BCUT2D eigenvalue weighted by molar-refractivity contribution is -0.136. The second-order valence-electron chi connectivity index (χ2n) is 9.15. The summed E-state index contributed by atoms with van der Waals surface area (Å²) in [6, 6.07) is 9.10. The largest absolute Gasteiger partial charge is 0.339 e. The van der Waals surface area contributed by atoms with E-state index in [4.69, 9.17) is 0 Å². The van der Waals surface area contributed by atoms with E-state index in [1.165, 1.54) is 36.8 Å². The van der Waals surface area contributed by atoms with Gasteiger partial charge in [0.05, 0.1) is 0 Å². The van der Waals surface area contributed by atoms with Gasteiger partial charge in [0, 0.05) is 32.0 Å². The lowest BCUT2D eigenvalue weighted by Crippen LogP contribution is -2.45. The smallest absolute Gasteiger partial charge is 0.223 e. The molecule has 1 aliphatic carbocycles. The number of benzene rings is 1. The van der Waals surface area contributed by atoms with Crippen LogP contribution in [0.4, 0.5) is 0 Å². The Balaban J connectivity index is 1.47. The van der Waals surface area contributed by atoms with Gasteiger partial charge in [0.1, 0.15) is 5.78 Å². The Morgan fingerprint density at radius 1 is 1.03 bits per heavy atom. The molecule has 29 heavy (non-hydrogen) atoms. The number of piperidine rings is 1. The molecule has 4 nitrogen and oxygen atoms in total. The third-order valence-corrected chi connectivity index (χ3v) is 6.90. The van der Waals surface area contributed by atoms with Gasteiger partial charge in [-0.15, -0.1) is 0 Å². The molecular weight excluding hydrogens is 360 g/mol. The zero-order chi connectivity index (χ0) is 20.6. The number of ketones is 1. The van der Waals surface area contributed by atoms with Crippen molar-refractivity contribution in [3.05, 3.63) is 35.4 Å². The highest BCUT2D eigenvalue weighted by Gasteiger charge is 2.30. The Labute approximate surface area is 176 Å². The fourth-order valence-corrected chi connectivity index (χ4v) is 4.94. The van der Waals surface area contributed by atoms with E-state index in [0.29, 0.717) is 24.8 Å². The van der Waals surface area contributed by atoms with Gasteiger partial charge < -0.3 is 14.6 Å². The summed E-state index contributed by atoms with van der Waals surface area (Å²) >= 11 is 0. The van der Waals surface area contributed by atoms with Crippen LogP contribution in [0.1, 0.15) is 69.4 Å². The van der Waals surface area contributed by atoms with Gasteiger partial charge in [0.25, 0.3) is 0 Å². The van der Waals surface area contributed by atoms with Gasteiger partial charge in [-0.05, 0) is 76.1 Å². The van der Waals surface area contributed by atoms with Crippen LogP contribution in [-0.4, -0.2) is 53.7 Å². The Hall–Kier alpha value is -1.68. The molecule has 2 fully saturated rings. The fraction of sp³-hybridized carbons (Fsp3) is 0.680. The molecule has 1 aromatic rings. The maximum Gasteiger partial charge on any atom is 0.223 e. The first kappa shape index (κ1) is 22.0. The zero-order valence-corrected chi connectivity index (χ0v) is 18.4. The summed E-state index contributed by atoms with van der Waals surface area (Å²) in [6.07, 6.45) is 9.00. The molecule has 4 heteroatoms. The molecule has 3 rings (SSSR count). The number of carbonyl (C=O) groups is 2. The monoisotopic (exact) mass is 398 g/mol. The molecule has 0 unspecified atom stereocenters. The first-order valence-corrected chi connectivity index (χ1v) is 11.6. The van der Waals surface area contributed by atoms with Crippen molar-refractivity contribution in [2.24, 2.45) is 5.92 Å². The molecule has 1 amide bonds. The molecule has 0 N–H and O–H groups in total. The van der Waals surface area contributed by atoms with Crippen molar-refractivity contribution in [2.75, 3.05) is 26.2 Å². The lowest BCUT2D eigenvalue weighted by Gasteiger charge is -2.37. The number of nitrogens with zero attached hydrogens (tertiary/aromatic N) is 2. The maximum absolute atomic E-state index is 12.8. The number of rotatable bonds is 9. The van der Waals surface area contributed by atoms with Crippen LogP contribution < -0.4 is 0 Å². The number of hydrogen-bond acceptors (Lipinski definition) is 3. The van der Waals surface area contributed by atoms with Crippen molar-refractivity contribution in [2.45, 2.75) is 77.7 Å². The molecule has 2 aliphatic rings. The molecule has 0 bridgehead atoms. The highest BCUT2D eigenvalue weighted by Crippen LogP contribution is 2.27. The van der Waals surface area contributed by atoms with Crippen LogP contribution in [0.25, 0.3) is 0 Å². The lowest BCUT2D eigenvalue weighted by atomic mass is 9.94. The van der Waals surface area contributed by atoms with Gasteiger partial charge in [-0.3, -0.25) is 4.79 Å². The summed E-state index contributed by atoms with van der Waals surface area (Å²) in [4.78, 5) is 28.9. The molecule has 1 aliphatic heterocycles. The predicted molar refractivity (Wildman–Crippen MR) is 118 cm³/mol. The number of carbonyl (C=O) groups excluding carboxylic acids is 2. The fourth-order valence-electron chi connectivity index (χ4n) is 4.94. The van der Waals surface area contributed by atoms with Crippen molar-refractivity contribution in [3.63, 3.8) is 0 Å².